The molecule has 0 radical (unpaired) electrons. The van der Waals surface area contributed by atoms with Gasteiger partial charge in [-0.2, -0.15) is 0 Å². The number of ether oxygens (including phenoxy) is 1. The Kier molecular flexibility index (Phi) is 4.90. The third-order valence-corrected chi connectivity index (χ3v) is 3.27. The van der Waals surface area contributed by atoms with Crippen LogP contribution in [-0.4, -0.2) is 43.4 Å². The highest BCUT2D eigenvalue weighted by molar-refractivity contribution is 5.94. The van der Waals surface area contributed by atoms with E-state index in [4.69, 9.17) is 10.5 Å². The van der Waals surface area contributed by atoms with Gasteiger partial charge in [0.25, 0.3) is 5.91 Å². The smallest absolute Gasteiger partial charge is 0.253 e. The summed E-state index contributed by atoms with van der Waals surface area (Å²) in [4.78, 5) is 13.4. The van der Waals surface area contributed by atoms with Crippen LogP contribution in [0.4, 0.5) is 5.69 Å². The van der Waals surface area contributed by atoms with Gasteiger partial charge in [0.05, 0.1) is 12.7 Å². The fraction of sp³-hybridized carbons (Fsp3) is 0.500. The summed E-state index contributed by atoms with van der Waals surface area (Å²) in [6.07, 6.45) is 1.00. The van der Waals surface area contributed by atoms with Crippen LogP contribution in [-0.2, 0) is 16.0 Å². The molecule has 1 aromatic carbocycles. The summed E-state index contributed by atoms with van der Waals surface area (Å²) in [5.41, 5.74) is 7.40. The Bertz CT molecular complexity index is 419. The highest BCUT2D eigenvalue weighted by Crippen LogP contribution is 2.18. The average molecular weight is 264 g/mol. The third kappa shape index (κ3) is 3.76. The second-order valence-corrected chi connectivity index (χ2v) is 4.69. The van der Waals surface area contributed by atoms with Crippen LogP contribution in [0.3, 0.4) is 0 Å². The molecule has 3 N–H and O–H groups in total. The van der Waals surface area contributed by atoms with E-state index in [0.717, 1.165) is 17.7 Å². The Morgan fingerprint density at radius 2 is 2.11 bits per heavy atom. The maximum atomic E-state index is 11.7. The number of anilines is 1. The minimum absolute atomic E-state index is 0.00226. The van der Waals surface area contributed by atoms with Gasteiger partial charge in [0.2, 0.25) is 0 Å². The third-order valence-electron chi connectivity index (χ3n) is 3.27. The number of hydrogen-bond donors (Lipinski definition) is 2. The minimum atomic E-state index is -0.444. The van der Waals surface area contributed by atoms with Gasteiger partial charge in [-0.05, 0) is 30.5 Å². The fourth-order valence-corrected chi connectivity index (χ4v) is 2.08. The first-order chi connectivity index (χ1) is 9.20. The lowest BCUT2D eigenvalue weighted by Crippen LogP contribution is -2.41. The molecule has 0 bridgehead atoms. The van der Waals surface area contributed by atoms with Gasteiger partial charge in [-0.15, -0.1) is 0 Å². The molecule has 1 saturated heterocycles. The normalized spacial score (nSPS) is 17.6. The van der Waals surface area contributed by atoms with Gasteiger partial charge in [-0.25, -0.2) is 0 Å². The number of nitrogens with two attached hydrogens (primary N) is 1. The number of rotatable bonds is 5. The Balaban J connectivity index is 1.95. The van der Waals surface area contributed by atoms with E-state index < -0.39 is 6.10 Å². The summed E-state index contributed by atoms with van der Waals surface area (Å²) >= 11 is 0. The van der Waals surface area contributed by atoms with Crippen molar-refractivity contribution >= 4 is 11.6 Å². The second-order valence-electron chi connectivity index (χ2n) is 4.69. The average Bonchev–Trinajstić information content (AvgIpc) is 2.46. The predicted molar refractivity (Wildman–Crippen MR) is 73.0 cm³/mol. The molecule has 0 saturated carbocycles. The maximum absolute atomic E-state index is 11.7. The zero-order valence-corrected chi connectivity index (χ0v) is 10.9. The molecule has 0 aromatic heterocycles. The first-order valence-corrected chi connectivity index (χ1v) is 6.56. The molecule has 0 spiro atoms. The summed E-state index contributed by atoms with van der Waals surface area (Å²) < 4.78 is 5.10. The number of aliphatic hydroxyl groups excluding tert-OH is 1. The number of hydrogen-bond acceptors (Lipinski definition) is 4. The highest BCUT2D eigenvalue weighted by atomic mass is 16.5. The first-order valence-electron chi connectivity index (χ1n) is 6.56. The molecule has 1 atom stereocenters. The molecule has 1 aromatic rings. The second kappa shape index (κ2) is 6.65. The van der Waals surface area contributed by atoms with Gasteiger partial charge in [0.1, 0.15) is 6.61 Å². The molecule has 1 fully saturated rings. The van der Waals surface area contributed by atoms with Crippen LogP contribution in [0.2, 0.25) is 0 Å². The lowest BCUT2D eigenvalue weighted by Gasteiger charge is -2.26. The summed E-state index contributed by atoms with van der Waals surface area (Å²) in [6.45, 7) is 1.63. The van der Waals surface area contributed by atoms with E-state index in [1.165, 1.54) is 0 Å². The zero-order chi connectivity index (χ0) is 13.7. The molecule has 1 amide bonds. The zero-order valence-electron chi connectivity index (χ0n) is 10.9. The van der Waals surface area contributed by atoms with Crippen LogP contribution in [0.15, 0.2) is 24.3 Å². The van der Waals surface area contributed by atoms with Crippen LogP contribution in [0, 0.1) is 0 Å². The molecule has 5 heteroatoms. The maximum Gasteiger partial charge on any atom is 0.253 e. The Hall–Kier alpha value is -1.43. The van der Waals surface area contributed by atoms with E-state index in [1.807, 2.05) is 24.3 Å². The molecule has 104 valence electrons. The standard InChI is InChI=1S/C14H20N2O3/c15-9-13(17)6-3-11-1-4-12(5-2-11)16-7-8-19-10-14(16)18/h1-2,4-5,13,17H,3,6-10,15H2/t13-/m1/s1. The highest BCUT2D eigenvalue weighted by Gasteiger charge is 2.19. The molecule has 1 aliphatic heterocycles. The quantitative estimate of drug-likeness (QED) is 0.802. The molecule has 2 rings (SSSR count). The molecule has 19 heavy (non-hydrogen) atoms. The summed E-state index contributed by atoms with van der Waals surface area (Å²) in [5.74, 6) is -0.00226. The van der Waals surface area contributed by atoms with Crippen LogP contribution in [0.1, 0.15) is 12.0 Å². The van der Waals surface area contributed by atoms with Crippen molar-refractivity contribution in [1.29, 1.82) is 0 Å². The van der Waals surface area contributed by atoms with E-state index in [1.54, 1.807) is 4.90 Å². The van der Waals surface area contributed by atoms with E-state index >= 15 is 0 Å². The van der Waals surface area contributed by atoms with E-state index in [0.29, 0.717) is 26.1 Å². The molecule has 0 aliphatic carbocycles. The van der Waals surface area contributed by atoms with Gasteiger partial charge < -0.3 is 20.5 Å². The summed E-state index contributed by atoms with van der Waals surface area (Å²) in [6, 6.07) is 7.85. The molecular weight excluding hydrogens is 244 g/mol. The molecule has 5 nitrogen and oxygen atoms in total. The van der Waals surface area contributed by atoms with Crippen molar-refractivity contribution in [3.8, 4) is 0 Å². The van der Waals surface area contributed by atoms with Gasteiger partial charge in [0, 0.05) is 18.8 Å². The van der Waals surface area contributed by atoms with Crippen molar-refractivity contribution in [3.63, 3.8) is 0 Å². The van der Waals surface area contributed by atoms with E-state index in [9.17, 15) is 9.90 Å². The number of nitrogens with zero attached hydrogens (tertiary/aromatic N) is 1. The van der Waals surface area contributed by atoms with Crippen LogP contribution < -0.4 is 10.6 Å². The van der Waals surface area contributed by atoms with Gasteiger partial charge in [0.15, 0.2) is 0 Å². The SMILES string of the molecule is NC[C@H](O)CCc1ccc(N2CCOCC2=O)cc1. The van der Waals surface area contributed by atoms with Crippen molar-refractivity contribution in [2.24, 2.45) is 5.73 Å². The number of benzene rings is 1. The number of amides is 1. The van der Waals surface area contributed by atoms with Gasteiger partial charge in [-0.3, -0.25) is 4.79 Å². The number of carbonyl (C=O) groups excluding carboxylic acids is 1. The number of morpholine rings is 1. The number of aryl methyl sites for hydroxylation is 1. The lowest BCUT2D eigenvalue weighted by molar-refractivity contribution is -0.125. The van der Waals surface area contributed by atoms with Crippen LogP contribution in [0.5, 0.6) is 0 Å². The van der Waals surface area contributed by atoms with Crippen molar-refractivity contribution in [1.82, 2.24) is 0 Å². The van der Waals surface area contributed by atoms with E-state index in [-0.39, 0.29) is 12.5 Å². The van der Waals surface area contributed by atoms with Crippen LogP contribution >= 0.6 is 0 Å². The van der Waals surface area contributed by atoms with Gasteiger partial charge >= 0.3 is 0 Å². The summed E-state index contributed by atoms with van der Waals surface area (Å²) in [7, 11) is 0. The first kappa shape index (κ1) is 14.0. The van der Waals surface area contributed by atoms with Gasteiger partial charge in [-0.1, -0.05) is 12.1 Å². The Labute approximate surface area is 113 Å². The largest absolute Gasteiger partial charge is 0.392 e. The molecule has 0 unspecified atom stereocenters. The lowest BCUT2D eigenvalue weighted by atomic mass is 10.1. The van der Waals surface area contributed by atoms with Crippen molar-refractivity contribution in [2.75, 3.05) is 31.2 Å². The molecule has 1 heterocycles. The number of aliphatic hydroxyl groups is 1. The van der Waals surface area contributed by atoms with Crippen molar-refractivity contribution < 1.29 is 14.6 Å². The molecule has 1 aliphatic rings. The predicted octanol–water partition coefficient (Wildman–Crippen LogP) is 0.302. The number of carbonyl (C=O) groups is 1. The summed E-state index contributed by atoms with van der Waals surface area (Å²) in [5, 5.41) is 9.42. The van der Waals surface area contributed by atoms with Crippen LogP contribution in [0.25, 0.3) is 0 Å². The van der Waals surface area contributed by atoms with E-state index in [2.05, 4.69) is 0 Å². The monoisotopic (exact) mass is 264 g/mol. The molecular formula is C14H20N2O3. The Morgan fingerprint density at radius 3 is 2.74 bits per heavy atom. The fourth-order valence-electron chi connectivity index (χ4n) is 2.08. The topological polar surface area (TPSA) is 75.8 Å². The van der Waals surface area contributed by atoms with Crippen molar-refractivity contribution in [2.45, 2.75) is 18.9 Å². The van der Waals surface area contributed by atoms with Crippen molar-refractivity contribution in [3.05, 3.63) is 29.8 Å². The minimum Gasteiger partial charge on any atom is -0.392 e. The Morgan fingerprint density at radius 1 is 1.37 bits per heavy atom.